The monoisotopic (exact) mass is 212 g/mol. The van der Waals surface area contributed by atoms with Crippen molar-refractivity contribution in [1.82, 2.24) is 0 Å². The van der Waals surface area contributed by atoms with E-state index >= 15 is 0 Å². The molecule has 0 N–H and O–H groups in total. The Kier molecular flexibility index (Phi) is 3.89. The molecule has 0 saturated carbocycles. The molecular formula is C16H20. The molecule has 0 radical (unpaired) electrons. The van der Waals surface area contributed by atoms with Gasteiger partial charge in [-0.2, -0.15) is 0 Å². The van der Waals surface area contributed by atoms with Crippen LogP contribution in [0.3, 0.4) is 0 Å². The maximum absolute atomic E-state index is 3.81. The van der Waals surface area contributed by atoms with Crippen LogP contribution in [0.5, 0.6) is 0 Å². The predicted molar refractivity (Wildman–Crippen MR) is 73.5 cm³/mol. The Hall–Kier alpha value is -1.56. The summed E-state index contributed by atoms with van der Waals surface area (Å²) in [4.78, 5) is 0. The van der Waals surface area contributed by atoms with E-state index in [1.54, 1.807) is 6.08 Å². The first kappa shape index (κ1) is 12.5. The zero-order valence-electron chi connectivity index (χ0n) is 10.5. The van der Waals surface area contributed by atoms with E-state index in [0.29, 0.717) is 0 Å². The number of hydrogen-bond acceptors (Lipinski definition) is 0. The van der Waals surface area contributed by atoms with Crippen molar-refractivity contribution in [1.29, 1.82) is 0 Å². The Bertz CT molecular complexity index is 397. The molecule has 84 valence electrons. The molecule has 0 bridgehead atoms. The lowest BCUT2D eigenvalue weighted by Crippen LogP contribution is -2.10. The summed E-state index contributed by atoms with van der Waals surface area (Å²) in [5.74, 6) is 0. The van der Waals surface area contributed by atoms with Crippen LogP contribution in [0, 0.1) is 0 Å². The van der Waals surface area contributed by atoms with Gasteiger partial charge in [-0.3, -0.25) is 0 Å². The summed E-state index contributed by atoms with van der Waals surface area (Å²) in [5.41, 5.74) is 3.84. The summed E-state index contributed by atoms with van der Waals surface area (Å²) in [6.07, 6.45) is 5.61. The second kappa shape index (κ2) is 4.98. The van der Waals surface area contributed by atoms with E-state index in [-0.39, 0.29) is 5.41 Å². The molecule has 0 unspecified atom stereocenters. The third-order valence-electron chi connectivity index (χ3n) is 2.60. The van der Waals surface area contributed by atoms with Gasteiger partial charge in [-0.25, -0.2) is 0 Å². The number of hydrogen-bond donors (Lipinski definition) is 0. The molecule has 0 heterocycles. The van der Waals surface area contributed by atoms with E-state index in [9.17, 15) is 0 Å². The minimum Gasteiger partial charge on any atom is -0.0990 e. The van der Waals surface area contributed by atoms with Crippen LogP contribution in [0.15, 0.2) is 55.7 Å². The first-order valence-electron chi connectivity index (χ1n) is 5.55. The standard InChI is InChI=1S/C16H20/c1-6-8-13(7-2)14-9-11-15(12-10-14)16(3,4)5/h6-12H,1-2H2,3-5H3/b13-8+. The second-order valence-electron chi connectivity index (χ2n) is 4.89. The quantitative estimate of drug-likeness (QED) is 0.635. The van der Waals surface area contributed by atoms with Crippen LogP contribution < -0.4 is 0 Å². The first-order chi connectivity index (χ1) is 7.49. The summed E-state index contributed by atoms with van der Waals surface area (Å²) in [7, 11) is 0. The molecule has 16 heavy (non-hydrogen) atoms. The van der Waals surface area contributed by atoms with Crippen molar-refractivity contribution in [3.63, 3.8) is 0 Å². The fourth-order valence-electron chi connectivity index (χ4n) is 1.57. The van der Waals surface area contributed by atoms with Crippen molar-refractivity contribution in [2.45, 2.75) is 26.2 Å². The average Bonchev–Trinajstić information content (AvgIpc) is 2.25. The van der Waals surface area contributed by atoms with E-state index in [1.807, 2.05) is 12.2 Å². The highest BCUT2D eigenvalue weighted by Crippen LogP contribution is 2.24. The van der Waals surface area contributed by atoms with E-state index in [1.165, 1.54) is 11.1 Å². The highest BCUT2D eigenvalue weighted by Gasteiger charge is 2.12. The summed E-state index contributed by atoms with van der Waals surface area (Å²) in [6.45, 7) is 14.2. The lowest BCUT2D eigenvalue weighted by Gasteiger charge is -2.19. The van der Waals surface area contributed by atoms with Gasteiger partial charge >= 0.3 is 0 Å². The van der Waals surface area contributed by atoms with Gasteiger partial charge in [0.1, 0.15) is 0 Å². The van der Waals surface area contributed by atoms with Gasteiger partial charge in [-0.1, -0.05) is 76.4 Å². The van der Waals surface area contributed by atoms with Gasteiger partial charge in [0.25, 0.3) is 0 Å². The highest BCUT2D eigenvalue weighted by molar-refractivity contribution is 5.74. The molecule has 0 aliphatic carbocycles. The van der Waals surface area contributed by atoms with Crippen LogP contribution in [0.25, 0.3) is 5.57 Å². The van der Waals surface area contributed by atoms with Crippen molar-refractivity contribution in [2.75, 3.05) is 0 Å². The Morgan fingerprint density at radius 1 is 1.06 bits per heavy atom. The third kappa shape index (κ3) is 2.96. The van der Waals surface area contributed by atoms with Crippen LogP contribution in [0.4, 0.5) is 0 Å². The number of benzene rings is 1. The molecular weight excluding hydrogens is 192 g/mol. The number of allylic oxidation sites excluding steroid dienone is 4. The second-order valence-corrected chi connectivity index (χ2v) is 4.89. The van der Waals surface area contributed by atoms with Crippen LogP contribution in [-0.4, -0.2) is 0 Å². The van der Waals surface area contributed by atoms with Crippen LogP contribution in [0.1, 0.15) is 31.9 Å². The molecule has 0 atom stereocenters. The molecule has 0 aromatic heterocycles. The Morgan fingerprint density at radius 3 is 2.00 bits per heavy atom. The topological polar surface area (TPSA) is 0 Å². The smallest absolute Gasteiger partial charge is 0.0132 e. The van der Waals surface area contributed by atoms with E-state index < -0.39 is 0 Å². The predicted octanol–water partition coefficient (Wildman–Crippen LogP) is 4.74. The maximum Gasteiger partial charge on any atom is -0.0132 e. The van der Waals surface area contributed by atoms with Gasteiger partial charge in [0.05, 0.1) is 0 Å². The minimum absolute atomic E-state index is 0.203. The summed E-state index contributed by atoms with van der Waals surface area (Å²) in [6, 6.07) is 8.63. The first-order valence-corrected chi connectivity index (χ1v) is 5.55. The highest BCUT2D eigenvalue weighted by atomic mass is 14.2. The normalized spacial score (nSPS) is 12.3. The van der Waals surface area contributed by atoms with Gasteiger partial charge in [0.2, 0.25) is 0 Å². The Labute approximate surface area is 99.0 Å². The Morgan fingerprint density at radius 2 is 1.62 bits per heavy atom. The van der Waals surface area contributed by atoms with E-state index in [2.05, 4.69) is 58.2 Å². The maximum atomic E-state index is 3.81. The molecule has 1 aromatic rings. The van der Waals surface area contributed by atoms with Crippen molar-refractivity contribution < 1.29 is 0 Å². The number of rotatable bonds is 3. The van der Waals surface area contributed by atoms with Gasteiger partial charge in [0, 0.05) is 0 Å². The minimum atomic E-state index is 0.203. The fourth-order valence-corrected chi connectivity index (χ4v) is 1.57. The van der Waals surface area contributed by atoms with Crippen LogP contribution in [0.2, 0.25) is 0 Å². The van der Waals surface area contributed by atoms with Crippen molar-refractivity contribution in [3.05, 3.63) is 66.8 Å². The lowest BCUT2D eigenvalue weighted by atomic mass is 9.86. The fraction of sp³-hybridized carbons (Fsp3) is 0.250. The van der Waals surface area contributed by atoms with Crippen LogP contribution in [-0.2, 0) is 5.41 Å². The van der Waals surface area contributed by atoms with Gasteiger partial charge in [0.15, 0.2) is 0 Å². The zero-order chi connectivity index (χ0) is 12.2. The summed E-state index contributed by atoms with van der Waals surface area (Å²) in [5, 5.41) is 0. The molecule has 0 saturated heterocycles. The molecule has 1 aromatic carbocycles. The molecule has 0 aliphatic heterocycles. The van der Waals surface area contributed by atoms with E-state index in [4.69, 9.17) is 0 Å². The summed E-state index contributed by atoms with van der Waals surface area (Å²) < 4.78 is 0. The van der Waals surface area contributed by atoms with Crippen molar-refractivity contribution >= 4 is 5.57 Å². The zero-order valence-corrected chi connectivity index (χ0v) is 10.5. The van der Waals surface area contributed by atoms with Gasteiger partial charge in [-0.05, 0) is 22.1 Å². The van der Waals surface area contributed by atoms with Crippen LogP contribution >= 0.6 is 0 Å². The molecule has 1 rings (SSSR count). The molecule has 0 amide bonds. The molecule has 0 fully saturated rings. The van der Waals surface area contributed by atoms with Gasteiger partial charge < -0.3 is 0 Å². The molecule has 0 spiro atoms. The SMILES string of the molecule is C=C/C=C(\C=C)c1ccc(C(C)(C)C)cc1. The Balaban J connectivity index is 3.08. The molecule has 0 nitrogen and oxygen atoms in total. The molecule has 0 aliphatic rings. The lowest BCUT2D eigenvalue weighted by molar-refractivity contribution is 0.590. The average molecular weight is 212 g/mol. The summed E-state index contributed by atoms with van der Waals surface area (Å²) >= 11 is 0. The van der Waals surface area contributed by atoms with Crippen molar-refractivity contribution in [2.24, 2.45) is 0 Å². The third-order valence-corrected chi connectivity index (χ3v) is 2.60. The van der Waals surface area contributed by atoms with E-state index in [0.717, 1.165) is 5.57 Å². The van der Waals surface area contributed by atoms with Gasteiger partial charge in [-0.15, -0.1) is 0 Å². The van der Waals surface area contributed by atoms with Crippen molar-refractivity contribution in [3.8, 4) is 0 Å². The largest absolute Gasteiger partial charge is 0.0990 e. The molecule has 0 heteroatoms.